The summed E-state index contributed by atoms with van der Waals surface area (Å²) in [4.78, 5) is 24.5. The van der Waals surface area contributed by atoms with Gasteiger partial charge < -0.3 is 14.8 Å². The van der Waals surface area contributed by atoms with Crippen LogP contribution >= 0.6 is 0 Å². The molecular weight excluding hydrogens is 361 g/mol. The highest BCUT2D eigenvalue weighted by atomic mass is 19.1. The molecule has 0 radical (unpaired) electrons. The first-order chi connectivity index (χ1) is 13.5. The number of hydrogen-bond donors (Lipinski definition) is 1. The zero-order chi connectivity index (χ0) is 19.9. The second kappa shape index (κ2) is 8.81. The molecule has 5 nitrogen and oxygen atoms in total. The maximum Gasteiger partial charge on any atom is 0.339 e. The van der Waals surface area contributed by atoms with Gasteiger partial charge in [-0.1, -0.05) is 36.4 Å². The number of hydrogen-bond acceptors (Lipinski definition) is 4. The van der Waals surface area contributed by atoms with E-state index in [1.54, 1.807) is 36.4 Å². The summed E-state index contributed by atoms with van der Waals surface area (Å²) in [5.41, 5.74) is 0.257. The molecule has 3 aromatic carbocycles. The van der Waals surface area contributed by atoms with Gasteiger partial charge in [-0.25, -0.2) is 9.18 Å². The van der Waals surface area contributed by atoms with Gasteiger partial charge in [0.15, 0.2) is 6.10 Å². The molecule has 28 heavy (non-hydrogen) atoms. The third kappa shape index (κ3) is 4.94. The summed E-state index contributed by atoms with van der Waals surface area (Å²) in [5.74, 6) is -0.792. The number of ether oxygens (including phenoxy) is 2. The quantitative estimate of drug-likeness (QED) is 0.625. The number of rotatable bonds is 6. The van der Waals surface area contributed by atoms with Crippen LogP contribution in [0.2, 0.25) is 0 Å². The van der Waals surface area contributed by atoms with Crippen molar-refractivity contribution in [2.75, 3.05) is 5.32 Å². The lowest BCUT2D eigenvalue weighted by molar-refractivity contribution is -0.123. The van der Waals surface area contributed by atoms with Crippen LogP contribution in [-0.2, 0) is 9.53 Å². The normalized spacial score (nSPS) is 11.4. The van der Waals surface area contributed by atoms with Crippen LogP contribution in [0.1, 0.15) is 17.3 Å². The minimum Gasteiger partial charge on any atom is -0.457 e. The van der Waals surface area contributed by atoms with Crippen LogP contribution in [0.15, 0.2) is 78.9 Å². The molecule has 0 aromatic heterocycles. The molecule has 3 aromatic rings. The van der Waals surface area contributed by atoms with E-state index in [9.17, 15) is 14.0 Å². The van der Waals surface area contributed by atoms with Gasteiger partial charge in [0.1, 0.15) is 17.3 Å². The smallest absolute Gasteiger partial charge is 0.339 e. The van der Waals surface area contributed by atoms with Crippen molar-refractivity contribution in [1.82, 2.24) is 0 Å². The van der Waals surface area contributed by atoms with Crippen LogP contribution in [0.4, 0.5) is 10.1 Å². The second-order valence-corrected chi connectivity index (χ2v) is 5.96. The molecule has 1 N–H and O–H groups in total. The van der Waals surface area contributed by atoms with Crippen LogP contribution in [0.5, 0.6) is 11.5 Å². The Kier molecular flexibility index (Phi) is 6.01. The number of amides is 1. The third-order valence-electron chi connectivity index (χ3n) is 3.83. The number of anilines is 1. The topological polar surface area (TPSA) is 64.6 Å². The van der Waals surface area contributed by atoms with E-state index in [1.165, 1.54) is 31.2 Å². The van der Waals surface area contributed by atoms with Gasteiger partial charge in [0, 0.05) is 0 Å². The van der Waals surface area contributed by atoms with Gasteiger partial charge in [0.05, 0.1) is 11.3 Å². The Morgan fingerprint density at radius 2 is 1.57 bits per heavy atom. The van der Waals surface area contributed by atoms with Crippen molar-refractivity contribution in [1.29, 1.82) is 0 Å². The monoisotopic (exact) mass is 379 g/mol. The van der Waals surface area contributed by atoms with Crippen molar-refractivity contribution in [2.45, 2.75) is 13.0 Å². The fourth-order valence-electron chi connectivity index (χ4n) is 2.39. The number of carbonyl (C=O) groups is 2. The summed E-state index contributed by atoms with van der Waals surface area (Å²) in [6, 6.07) is 21.3. The molecule has 6 heteroatoms. The van der Waals surface area contributed by atoms with Crippen molar-refractivity contribution in [3.05, 3.63) is 90.2 Å². The first-order valence-corrected chi connectivity index (χ1v) is 8.62. The Morgan fingerprint density at radius 3 is 2.32 bits per heavy atom. The molecule has 0 aliphatic carbocycles. The number of halogens is 1. The molecule has 1 amide bonds. The van der Waals surface area contributed by atoms with Crippen LogP contribution in [-0.4, -0.2) is 18.0 Å². The molecule has 1 unspecified atom stereocenters. The maximum atomic E-state index is 13.6. The molecular formula is C22H18FNO4. The van der Waals surface area contributed by atoms with Crippen LogP contribution in [0, 0.1) is 5.82 Å². The third-order valence-corrected chi connectivity index (χ3v) is 3.83. The Hall–Kier alpha value is -3.67. The second-order valence-electron chi connectivity index (χ2n) is 5.96. The van der Waals surface area contributed by atoms with Gasteiger partial charge in [-0.15, -0.1) is 0 Å². The van der Waals surface area contributed by atoms with Gasteiger partial charge in [0.25, 0.3) is 5.91 Å². The summed E-state index contributed by atoms with van der Waals surface area (Å²) in [7, 11) is 0. The summed E-state index contributed by atoms with van der Waals surface area (Å²) < 4.78 is 24.5. The van der Waals surface area contributed by atoms with Gasteiger partial charge in [-0.05, 0) is 49.4 Å². The molecule has 3 rings (SSSR count). The summed E-state index contributed by atoms with van der Waals surface area (Å²) in [6.07, 6.45) is -1.11. The molecule has 0 fully saturated rings. The number of para-hydroxylation sites is 2. The van der Waals surface area contributed by atoms with Gasteiger partial charge in [-0.3, -0.25) is 4.79 Å². The first kappa shape index (κ1) is 19.1. The molecule has 0 spiro atoms. The highest BCUT2D eigenvalue weighted by molar-refractivity contribution is 5.97. The highest BCUT2D eigenvalue weighted by Crippen LogP contribution is 2.22. The van der Waals surface area contributed by atoms with E-state index >= 15 is 0 Å². The maximum absolute atomic E-state index is 13.6. The summed E-state index contributed by atoms with van der Waals surface area (Å²) >= 11 is 0. The largest absolute Gasteiger partial charge is 0.457 e. The van der Waals surface area contributed by atoms with Crippen molar-refractivity contribution in [3.63, 3.8) is 0 Å². The number of nitrogens with one attached hydrogen (secondary N) is 1. The molecule has 0 saturated carbocycles. The predicted octanol–water partition coefficient (Wildman–Crippen LogP) is 4.80. The SMILES string of the molecule is CC(OC(=O)c1cccc(Oc2ccccc2)c1)C(=O)Nc1ccccc1F. The molecule has 1 atom stereocenters. The average Bonchev–Trinajstić information content (AvgIpc) is 2.70. The summed E-state index contributed by atoms with van der Waals surface area (Å²) in [5, 5.41) is 2.39. The highest BCUT2D eigenvalue weighted by Gasteiger charge is 2.20. The standard InChI is InChI=1S/C22H18FNO4/c1-15(21(25)24-20-13-6-5-12-19(20)23)27-22(26)16-8-7-11-18(14-16)28-17-9-3-2-4-10-17/h2-15H,1H3,(H,24,25). The molecule has 142 valence electrons. The number of carbonyl (C=O) groups excluding carboxylic acids is 2. The van der Waals surface area contributed by atoms with Gasteiger partial charge in [0.2, 0.25) is 0 Å². The molecule has 0 bridgehead atoms. The van der Waals surface area contributed by atoms with Crippen molar-refractivity contribution < 1.29 is 23.5 Å². The minimum absolute atomic E-state index is 0.0219. The lowest BCUT2D eigenvalue weighted by Crippen LogP contribution is -2.30. The molecule has 0 aliphatic heterocycles. The van der Waals surface area contributed by atoms with Crippen LogP contribution in [0.3, 0.4) is 0 Å². The Labute approximate surface area is 161 Å². The fraction of sp³-hybridized carbons (Fsp3) is 0.0909. The van der Waals surface area contributed by atoms with E-state index in [4.69, 9.17) is 9.47 Å². The Morgan fingerprint density at radius 1 is 0.893 bits per heavy atom. The zero-order valence-electron chi connectivity index (χ0n) is 15.1. The van der Waals surface area contributed by atoms with E-state index in [1.807, 2.05) is 18.2 Å². The number of benzene rings is 3. The van der Waals surface area contributed by atoms with Gasteiger partial charge in [-0.2, -0.15) is 0 Å². The first-order valence-electron chi connectivity index (χ1n) is 8.62. The van der Waals surface area contributed by atoms with Crippen LogP contribution in [0.25, 0.3) is 0 Å². The molecule has 0 saturated heterocycles. The van der Waals surface area contributed by atoms with Crippen molar-refractivity contribution in [3.8, 4) is 11.5 Å². The van der Waals surface area contributed by atoms with Crippen molar-refractivity contribution >= 4 is 17.6 Å². The van der Waals surface area contributed by atoms with E-state index in [0.29, 0.717) is 11.5 Å². The van der Waals surface area contributed by atoms with Gasteiger partial charge >= 0.3 is 5.97 Å². The van der Waals surface area contributed by atoms with Crippen LogP contribution < -0.4 is 10.1 Å². The Bertz CT molecular complexity index is 975. The molecule has 0 heterocycles. The summed E-state index contributed by atoms with van der Waals surface area (Å²) in [6.45, 7) is 1.42. The lowest BCUT2D eigenvalue weighted by atomic mass is 10.2. The number of esters is 1. The van der Waals surface area contributed by atoms with Crippen molar-refractivity contribution in [2.24, 2.45) is 0 Å². The van der Waals surface area contributed by atoms with E-state index < -0.39 is 23.8 Å². The lowest BCUT2D eigenvalue weighted by Gasteiger charge is -2.14. The van der Waals surface area contributed by atoms with E-state index in [2.05, 4.69) is 5.32 Å². The van der Waals surface area contributed by atoms with E-state index in [0.717, 1.165) is 0 Å². The minimum atomic E-state index is -1.11. The Balaban J connectivity index is 1.63. The zero-order valence-corrected chi connectivity index (χ0v) is 15.1. The fourth-order valence-corrected chi connectivity index (χ4v) is 2.39. The predicted molar refractivity (Wildman–Crippen MR) is 103 cm³/mol. The van der Waals surface area contributed by atoms with E-state index in [-0.39, 0.29) is 11.3 Å². The molecule has 0 aliphatic rings. The average molecular weight is 379 g/mol.